The maximum atomic E-state index is 12.8. The van der Waals surface area contributed by atoms with Gasteiger partial charge >= 0.3 is 0 Å². The van der Waals surface area contributed by atoms with Gasteiger partial charge in [-0.3, -0.25) is 4.79 Å². The van der Waals surface area contributed by atoms with Crippen LogP contribution in [-0.2, 0) is 11.3 Å². The predicted molar refractivity (Wildman–Crippen MR) is 114 cm³/mol. The van der Waals surface area contributed by atoms with Gasteiger partial charge in [0.2, 0.25) is 0 Å². The zero-order valence-corrected chi connectivity index (χ0v) is 17.4. The minimum absolute atomic E-state index is 0.0337. The molecule has 146 valence electrons. The number of quaternary nitrogens is 1. The number of amides is 1. The molecule has 2 N–H and O–H groups in total. The average molecular weight is 396 g/mol. The van der Waals surface area contributed by atoms with Gasteiger partial charge in [-0.2, -0.15) is 0 Å². The van der Waals surface area contributed by atoms with Crippen molar-refractivity contribution in [3.05, 3.63) is 87.6 Å². The standard InChI is InChI=1S/C23H26N2O2S/c1-17-11-12-20(27-3)19(14-17)15-25(2)16-22(26)24-23(21-10-7-13-28-21)18-8-5-4-6-9-18/h4-14,23H,15-16H2,1-3H3,(H,24,26)/p+1/t23-/m0/s1. The number of nitrogens with one attached hydrogen (secondary N) is 2. The van der Waals surface area contributed by atoms with Crippen molar-refractivity contribution in [3.8, 4) is 5.75 Å². The Morgan fingerprint density at radius 3 is 2.61 bits per heavy atom. The fraction of sp³-hybridized carbons (Fsp3) is 0.261. The summed E-state index contributed by atoms with van der Waals surface area (Å²) in [5, 5.41) is 5.25. The second-order valence-corrected chi connectivity index (χ2v) is 8.03. The van der Waals surface area contributed by atoms with E-state index in [4.69, 9.17) is 4.74 Å². The van der Waals surface area contributed by atoms with Crippen LogP contribution in [0.2, 0.25) is 0 Å². The van der Waals surface area contributed by atoms with Crippen molar-refractivity contribution >= 4 is 17.2 Å². The van der Waals surface area contributed by atoms with E-state index in [2.05, 4.69) is 36.5 Å². The number of thiophene rings is 1. The molecule has 2 atom stereocenters. The quantitative estimate of drug-likeness (QED) is 0.616. The third-order valence-corrected chi connectivity index (χ3v) is 5.59. The maximum absolute atomic E-state index is 12.8. The first-order valence-electron chi connectivity index (χ1n) is 9.39. The molecule has 1 unspecified atom stereocenters. The zero-order chi connectivity index (χ0) is 19.9. The second kappa shape index (κ2) is 9.53. The van der Waals surface area contributed by atoms with Gasteiger partial charge in [0.05, 0.1) is 20.2 Å². The van der Waals surface area contributed by atoms with E-state index in [9.17, 15) is 4.79 Å². The molecule has 0 radical (unpaired) electrons. The molecule has 3 rings (SSSR count). The highest BCUT2D eigenvalue weighted by molar-refractivity contribution is 7.10. The van der Waals surface area contributed by atoms with Crippen molar-refractivity contribution in [2.45, 2.75) is 19.5 Å². The SMILES string of the molecule is COc1ccc(C)cc1C[NH+](C)CC(=O)N[C@@H](c1ccccc1)c1cccs1. The molecule has 1 amide bonds. The van der Waals surface area contributed by atoms with Crippen LogP contribution in [0.25, 0.3) is 0 Å². The van der Waals surface area contributed by atoms with E-state index in [-0.39, 0.29) is 11.9 Å². The molecule has 4 nitrogen and oxygen atoms in total. The molecule has 28 heavy (non-hydrogen) atoms. The summed E-state index contributed by atoms with van der Waals surface area (Å²) < 4.78 is 5.47. The number of aryl methyl sites for hydroxylation is 1. The number of methoxy groups -OCH3 is 1. The molecule has 2 aromatic carbocycles. The second-order valence-electron chi connectivity index (χ2n) is 7.05. The number of carbonyl (C=O) groups excluding carboxylic acids is 1. The van der Waals surface area contributed by atoms with Crippen molar-refractivity contribution in [2.75, 3.05) is 20.7 Å². The van der Waals surface area contributed by atoms with Crippen molar-refractivity contribution in [3.63, 3.8) is 0 Å². The highest BCUT2D eigenvalue weighted by atomic mass is 32.1. The number of hydrogen-bond donors (Lipinski definition) is 2. The summed E-state index contributed by atoms with van der Waals surface area (Å²) >= 11 is 1.66. The summed E-state index contributed by atoms with van der Waals surface area (Å²) in [4.78, 5) is 15.0. The minimum Gasteiger partial charge on any atom is -0.496 e. The molecule has 0 aliphatic heterocycles. The highest BCUT2D eigenvalue weighted by Crippen LogP contribution is 2.25. The first-order chi connectivity index (χ1) is 13.6. The van der Waals surface area contributed by atoms with E-state index >= 15 is 0 Å². The summed E-state index contributed by atoms with van der Waals surface area (Å²) in [5.41, 5.74) is 3.40. The van der Waals surface area contributed by atoms with Gasteiger partial charge in [-0.05, 0) is 36.1 Å². The monoisotopic (exact) mass is 395 g/mol. The Morgan fingerprint density at radius 2 is 1.93 bits per heavy atom. The minimum atomic E-state index is -0.116. The third-order valence-electron chi connectivity index (χ3n) is 4.66. The number of hydrogen-bond acceptors (Lipinski definition) is 3. The number of likely N-dealkylation sites (N-methyl/N-ethyl adjacent to an activating group) is 1. The van der Waals surface area contributed by atoms with Gasteiger partial charge in [0.1, 0.15) is 12.3 Å². The Kier molecular flexibility index (Phi) is 6.85. The molecular formula is C23H27N2O2S+. The van der Waals surface area contributed by atoms with Gasteiger partial charge in [-0.15, -0.1) is 11.3 Å². The van der Waals surface area contributed by atoms with Crippen LogP contribution in [-0.4, -0.2) is 26.6 Å². The van der Waals surface area contributed by atoms with Crippen LogP contribution in [0.15, 0.2) is 66.0 Å². The number of benzene rings is 2. The molecule has 5 heteroatoms. The molecular weight excluding hydrogens is 368 g/mol. The fourth-order valence-corrected chi connectivity index (χ4v) is 4.14. The number of ether oxygens (including phenoxy) is 1. The lowest BCUT2D eigenvalue weighted by molar-refractivity contribution is -0.885. The predicted octanol–water partition coefficient (Wildman–Crippen LogP) is 2.99. The molecule has 0 saturated carbocycles. The van der Waals surface area contributed by atoms with Gasteiger partial charge in [0.15, 0.2) is 6.54 Å². The summed E-state index contributed by atoms with van der Waals surface area (Å²) in [6.07, 6.45) is 0. The lowest BCUT2D eigenvalue weighted by Crippen LogP contribution is -3.08. The van der Waals surface area contributed by atoms with Crippen molar-refractivity contribution < 1.29 is 14.4 Å². The van der Waals surface area contributed by atoms with Gasteiger partial charge < -0.3 is 15.0 Å². The molecule has 0 saturated heterocycles. The number of carbonyl (C=O) groups is 1. The molecule has 0 fully saturated rings. The third kappa shape index (κ3) is 5.21. The van der Waals surface area contributed by atoms with E-state index < -0.39 is 0 Å². The van der Waals surface area contributed by atoms with E-state index in [1.165, 1.54) is 5.56 Å². The van der Waals surface area contributed by atoms with Crippen LogP contribution in [0, 0.1) is 6.92 Å². The van der Waals surface area contributed by atoms with Gasteiger partial charge in [0, 0.05) is 10.4 Å². The Bertz CT molecular complexity index is 894. The largest absolute Gasteiger partial charge is 0.496 e. The van der Waals surface area contributed by atoms with Crippen LogP contribution in [0.5, 0.6) is 5.75 Å². The molecule has 0 bridgehead atoms. The van der Waals surface area contributed by atoms with Crippen molar-refractivity contribution in [1.82, 2.24) is 5.32 Å². The summed E-state index contributed by atoms with van der Waals surface area (Å²) in [5.74, 6) is 0.900. The molecule has 0 aliphatic carbocycles. The van der Waals surface area contributed by atoms with Crippen molar-refractivity contribution in [1.29, 1.82) is 0 Å². The Balaban J connectivity index is 1.67. The summed E-state index contributed by atoms with van der Waals surface area (Å²) in [6.45, 7) is 3.19. The molecule has 0 spiro atoms. The van der Waals surface area contributed by atoms with Crippen LogP contribution >= 0.6 is 11.3 Å². The molecule has 0 aliphatic rings. The fourth-order valence-electron chi connectivity index (χ4n) is 3.34. The zero-order valence-electron chi connectivity index (χ0n) is 16.6. The Labute approximate surface area is 170 Å². The Morgan fingerprint density at radius 1 is 1.14 bits per heavy atom. The first-order valence-corrected chi connectivity index (χ1v) is 10.3. The average Bonchev–Trinajstić information content (AvgIpc) is 3.21. The highest BCUT2D eigenvalue weighted by Gasteiger charge is 2.20. The van der Waals surface area contributed by atoms with E-state index in [0.717, 1.165) is 33.2 Å². The van der Waals surface area contributed by atoms with Crippen LogP contribution in [0.3, 0.4) is 0 Å². The smallest absolute Gasteiger partial charge is 0.275 e. The first kappa shape index (κ1) is 20.1. The lowest BCUT2D eigenvalue weighted by atomic mass is 10.1. The molecule has 3 aromatic rings. The van der Waals surface area contributed by atoms with E-state index in [1.54, 1.807) is 18.4 Å². The number of rotatable bonds is 8. The maximum Gasteiger partial charge on any atom is 0.275 e. The van der Waals surface area contributed by atoms with Crippen molar-refractivity contribution in [2.24, 2.45) is 0 Å². The van der Waals surface area contributed by atoms with Crippen LogP contribution < -0.4 is 15.0 Å². The lowest BCUT2D eigenvalue weighted by Gasteiger charge is -2.20. The van der Waals surface area contributed by atoms with E-state index in [0.29, 0.717) is 6.54 Å². The Hall–Kier alpha value is -2.63. The van der Waals surface area contributed by atoms with Gasteiger partial charge in [0.25, 0.3) is 5.91 Å². The summed E-state index contributed by atoms with van der Waals surface area (Å²) in [6, 6.07) is 20.2. The molecule has 1 heterocycles. The van der Waals surface area contributed by atoms with Gasteiger partial charge in [-0.25, -0.2) is 0 Å². The van der Waals surface area contributed by atoms with E-state index in [1.807, 2.05) is 48.8 Å². The summed E-state index contributed by atoms with van der Waals surface area (Å²) in [7, 11) is 3.71. The van der Waals surface area contributed by atoms with Gasteiger partial charge in [-0.1, -0.05) is 48.0 Å². The van der Waals surface area contributed by atoms with Crippen LogP contribution in [0.1, 0.15) is 27.6 Å². The normalized spacial score (nSPS) is 13.0. The van der Waals surface area contributed by atoms with Crippen LogP contribution in [0.4, 0.5) is 0 Å². The molecule has 1 aromatic heterocycles. The topological polar surface area (TPSA) is 42.8 Å².